The highest BCUT2D eigenvalue weighted by atomic mass is 16.5. The number of rotatable bonds is 14. The molecule has 0 unspecified atom stereocenters. The SMILES string of the molecule is C=CC=CC=CCCCCCCCCCCCN1CCOCC1. The van der Waals surface area contributed by atoms with Crippen molar-refractivity contribution in [2.24, 2.45) is 0 Å². The summed E-state index contributed by atoms with van der Waals surface area (Å²) < 4.78 is 5.38. The Morgan fingerprint density at radius 3 is 2.00 bits per heavy atom. The van der Waals surface area contributed by atoms with Crippen LogP contribution in [0.5, 0.6) is 0 Å². The molecule has 1 rings (SSSR count). The average Bonchev–Trinajstić information content (AvgIpc) is 2.59. The van der Waals surface area contributed by atoms with Gasteiger partial charge < -0.3 is 4.74 Å². The minimum Gasteiger partial charge on any atom is -0.379 e. The van der Waals surface area contributed by atoms with Crippen molar-refractivity contribution >= 4 is 0 Å². The van der Waals surface area contributed by atoms with E-state index in [1.54, 1.807) is 0 Å². The largest absolute Gasteiger partial charge is 0.379 e. The average molecular weight is 320 g/mol. The van der Waals surface area contributed by atoms with Crippen LogP contribution in [0.4, 0.5) is 0 Å². The highest BCUT2D eigenvalue weighted by Gasteiger charge is 2.08. The van der Waals surface area contributed by atoms with Gasteiger partial charge in [0.15, 0.2) is 0 Å². The van der Waals surface area contributed by atoms with Crippen molar-refractivity contribution in [3.63, 3.8) is 0 Å². The number of unbranched alkanes of at least 4 members (excludes halogenated alkanes) is 9. The van der Waals surface area contributed by atoms with Crippen LogP contribution >= 0.6 is 0 Å². The molecule has 0 spiro atoms. The van der Waals surface area contributed by atoms with E-state index in [2.05, 4.69) is 23.6 Å². The number of ether oxygens (including phenoxy) is 1. The van der Waals surface area contributed by atoms with Gasteiger partial charge in [0.2, 0.25) is 0 Å². The predicted molar refractivity (Wildman–Crippen MR) is 102 cm³/mol. The summed E-state index contributed by atoms with van der Waals surface area (Å²) in [5.41, 5.74) is 0. The van der Waals surface area contributed by atoms with Crippen molar-refractivity contribution in [1.82, 2.24) is 4.90 Å². The van der Waals surface area contributed by atoms with Gasteiger partial charge >= 0.3 is 0 Å². The molecular formula is C21H37NO. The van der Waals surface area contributed by atoms with E-state index in [0.29, 0.717) is 0 Å². The monoisotopic (exact) mass is 319 g/mol. The quantitative estimate of drug-likeness (QED) is 0.309. The molecule has 0 saturated carbocycles. The zero-order chi connectivity index (χ0) is 16.4. The summed E-state index contributed by atoms with van der Waals surface area (Å²) in [6.07, 6.45) is 24.0. The van der Waals surface area contributed by atoms with Gasteiger partial charge in [0.25, 0.3) is 0 Å². The van der Waals surface area contributed by atoms with Crippen LogP contribution in [-0.2, 0) is 4.74 Å². The van der Waals surface area contributed by atoms with E-state index < -0.39 is 0 Å². The first-order chi connectivity index (χ1) is 11.4. The second kappa shape index (κ2) is 16.0. The minimum atomic E-state index is 0.932. The van der Waals surface area contributed by atoms with Crippen LogP contribution in [-0.4, -0.2) is 37.7 Å². The first kappa shape index (κ1) is 20.2. The lowest BCUT2D eigenvalue weighted by molar-refractivity contribution is 0.0371. The van der Waals surface area contributed by atoms with Gasteiger partial charge in [0, 0.05) is 13.1 Å². The lowest BCUT2D eigenvalue weighted by Crippen LogP contribution is -2.36. The topological polar surface area (TPSA) is 12.5 Å². The predicted octanol–water partition coefficient (Wildman–Crippen LogP) is 5.52. The maximum atomic E-state index is 5.38. The van der Waals surface area contributed by atoms with Crippen LogP contribution in [0, 0.1) is 0 Å². The van der Waals surface area contributed by atoms with Gasteiger partial charge in [-0.05, 0) is 25.8 Å². The molecular weight excluding hydrogens is 282 g/mol. The molecule has 1 heterocycles. The van der Waals surface area contributed by atoms with Crippen molar-refractivity contribution in [2.75, 3.05) is 32.8 Å². The third-order valence-electron chi connectivity index (χ3n) is 4.44. The Kier molecular flexibility index (Phi) is 14.1. The van der Waals surface area contributed by atoms with Crippen LogP contribution in [0.15, 0.2) is 37.0 Å². The number of morpholine rings is 1. The molecule has 1 saturated heterocycles. The maximum Gasteiger partial charge on any atom is 0.0594 e. The zero-order valence-corrected chi connectivity index (χ0v) is 15.1. The summed E-state index contributed by atoms with van der Waals surface area (Å²) in [5.74, 6) is 0. The first-order valence-corrected chi connectivity index (χ1v) is 9.68. The molecule has 0 bridgehead atoms. The van der Waals surface area contributed by atoms with Gasteiger partial charge in [-0.25, -0.2) is 0 Å². The third kappa shape index (κ3) is 13.3. The molecule has 2 heteroatoms. The summed E-state index contributed by atoms with van der Waals surface area (Å²) in [7, 11) is 0. The molecule has 2 nitrogen and oxygen atoms in total. The molecule has 0 atom stereocenters. The molecule has 0 amide bonds. The second-order valence-corrected chi connectivity index (χ2v) is 6.47. The van der Waals surface area contributed by atoms with E-state index >= 15 is 0 Å². The van der Waals surface area contributed by atoms with Gasteiger partial charge in [0.1, 0.15) is 0 Å². The summed E-state index contributed by atoms with van der Waals surface area (Å²) in [6.45, 7) is 9.07. The third-order valence-corrected chi connectivity index (χ3v) is 4.44. The molecule has 0 aliphatic carbocycles. The molecule has 0 aromatic heterocycles. The highest BCUT2D eigenvalue weighted by Crippen LogP contribution is 2.11. The second-order valence-electron chi connectivity index (χ2n) is 6.47. The summed E-state index contributed by atoms with van der Waals surface area (Å²) in [4.78, 5) is 2.55. The van der Waals surface area contributed by atoms with Crippen LogP contribution < -0.4 is 0 Å². The minimum absolute atomic E-state index is 0.932. The smallest absolute Gasteiger partial charge is 0.0594 e. The first-order valence-electron chi connectivity index (χ1n) is 9.68. The fourth-order valence-electron chi connectivity index (χ4n) is 2.98. The fourth-order valence-corrected chi connectivity index (χ4v) is 2.98. The van der Waals surface area contributed by atoms with Crippen molar-refractivity contribution in [3.8, 4) is 0 Å². The van der Waals surface area contributed by atoms with E-state index in [1.807, 2.05) is 18.2 Å². The Labute approximate surface area is 144 Å². The van der Waals surface area contributed by atoms with Gasteiger partial charge in [-0.3, -0.25) is 4.90 Å². The van der Waals surface area contributed by atoms with E-state index in [-0.39, 0.29) is 0 Å². The van der Waals surface area contributed by atoms with Crippen molar-refractivity contribution in [2.45, 2.75) is 64.2 Å². The molecule has 0 radical (unpaired) electrons. The Morgan fingerprint density at radius 2 is 1.35 bits per heavy atom. The van der Waals surface area contributed by atoms with Crippen molar-refractivity contribution in [1.29, 1.82) is 0 Å². The Bertz CT molecular complexity index is 316. The van der Waals surface area contributed by atoms with E-state index in [9.17, 15) is 0 Å². The van der Waals surface area contributed by atoms with Crippen molar-refractivity contribution in [3.05, 3.63) is 37.0 Å². The summed E-state index contributed by atoms with van der Waals surface area (Å²) in [5, 5.41) is 0. The van der Waals surface area contributed by atoms with Crippen LogP contribution in [0.25, 0.3) is 0 Å². The Balaban J connectivity index is 1.73. The van der Waals surface area contributed by atoms with E-state index in [4.69, 9.17) is 4.74 Å². The van der Waals surface area contributed by atoms with Gasteiger partial charge in [-0.2, -0.15) is 0 Å². The molecule has 1 fully saturated rings. The lowest BCUT2D eigenvalue weighted by Gasteiger charge is -2.26. The van der Waals surface area contributed by atoms with Gasteiger partial charge in [-0.15, -0.1) is 0 Å². The van der Waals surface area contributed by atoms with E-state index in [0.717, 1.165) is 26.3 Å². The molecule has 132 valence electrons. The standard InChI is InChI=1S/C21H37NO/c1-2-3-4-5-6-7-8-9-10-11-12-13-14-15-16-17-22-18-20-23-21-19-22/h2-6H,1,7-21H2. The number of hydrogen-bond donors (Lipinski definition) is 0. The zero-order valence-electron chi connectivity index (χ0n) is 15.1. The number of hydrogen-bond acceptors (Lipinski definition) is 2. The fraction of sp³-hybridized carbons (Fsp3) is 0.714. The Hall–Kier alpha value is -0.860. The van der Waals surface area contributed by atoms with Crippen LogP contribution in [0.3, 0.4) is 0 Å². The van der Waals surface area contributed by atoms with Crippen LogP contribution in [0.2, 0.25) is 0 Å². The number of nitrogens with zero attached hydrogens (tertiary/aromatic N) is 1. The van der Waals surface area contributed by atoms with Crippen LogP contribution in [0.1, 0.15) is 64.2 Å². The molecule has 0 aromatic carbocycles. The summed E-state index contributed by atoms with van der Waals surface area (Å²) >= 11 is 0. The molecule has 1 aliphatic heterocycles. The van der Waals surface area contributed by atoms with Gasteiger partial charge in [0.05, 0.1) is 13.2 Å². The maximum absolute atomic E-state index is 5.38. The Morgan fingerprint density at radius 1 is 0.739 bits per heavy atom. The van der Waals surface area contributed by atoms with Crippen molar-refractivity contribution < 1.29 is 4.74 Å². The molecule has 23 heavy (non-hydrogen) atoms. The highest BCUT2D eigenvalue weighted by molar-refractivity contribution is 5.08. The molecule has 0 aromatic rings. The summed E-state index contributed by atoms with van der Waals surface area (Å²) in [6, 6.07) is 0. The van der Waals surface area contributed by atoms with Gasteiger partial charge in [-0.1, -0.05) is 81.9 Å². The normalized spacial score (nSPS) is 16.5. The lowest BCUT2D eigenvalue weighted by atomic mass is 10.1. The number of allylic oxidation sites excluding steroid dienone is 5. The molecule has 0 N–H and O–H groups in total. The molecule has 1 aliphatic rings. The van der Waals surface area contributed by atoms with E-state index in [1.165, 1.54) is 70.8 Å².